The Bertz CT molecular complexity index is 450. The maximum Gasteiger partial charge on any atom is 0.0462 e. The lowest BCUT2D eigenvalue weighted by molar-refractivity contribution is 0.218. The van der Waals surface area contributed by atoms with Gasteiger partial charge in [-0.3, -0.25) is 0 Å². The molecule has 1 heterocycles. The van der Waals surface area contributed by atoms with Gasteiger partial charge in [0.2, 0.25) is 0 Å². The standard InChI is InChI=1S/C15H17ClOS/c16-15-5-3-12(4-6-15)9-14(10-17)2-1-13-7-8-18-11-13/h3-8,11,14,17H,1-2,9-10H2. The zero-order valence-corrected chi connectivity index (χ0v) is 11.8. The summed E-state index contributed by atoms with van der Waals surface area (Å²) in [4.78, 5) is 0. The molecule has 3 heteroatoms. The summed E-state index contributed by atoms with van der Waals surface area (Å²) < 4.78 is 0. The van der Waals surface area contributed by atoms with Crippen molar-refractivity contribution in [2.45, 2.75) is 19.3 Å². The Morgan fingerprint density at radius 1 is 1.11 bits per heavy atom. The van der Waals surface area contributed by atoms with Gasteiger partial charge in [-0.15, -0.1) is 0 Å². The normalized spacial score (nSPS) is 12.6. The number of rotatable bonds is 6. The number of hydrogen-bond acceptors (Lipinski definition) is 2. The molecule has 0 aliphatic carbocycles. The van der Waals surface area contributed by atoms with Crippen molar-refractivity contribution >= 4 is 22.9 Å². The summed E-state index contributed by atoms with van der Waals surface area (Å²) in [6.45, 7) is 0.243. The van der Waals surface area contributed by atoms with Gasteiger partial charge in [-0.05, 0) is 65.3 Å². The Morgan fingerprint density at radius 2 is 1.89 bits per heavy atom. The van der Waals surface area contributed by atoms with Crippen LogP contribution in [0.4, 0.5) is 0 Å². The number of thiophene rings is 1. The van der Waals surface area contributed by atoms with E-state index in [4.69, 9.17) is 11.6 Å². The van der Waals surface area contributed by atoms with Gasteiger partial charge in [0.15, 0.2) is 0 Å². The molecule has 0 aliphatic rings. The molecule has 0 amide bonds. The van der Waals surface area contributed by atoms with E-state index in [0.29, 0.717) is 5.92 Å². The van der Waals surface area contributed by atoms with E-state index in [-0.39, 0.29) is 6.61 Å². The first-order chi connectivity index (χ1) is 8.78. The van der Waals surface area contributed by atoms with Crippen LogP contribution in [0.3, 0.4) is 0 Å². The van der Waals surface area contributed by atoms with Gasteiger partial charge in [-0.2, -0.15) is 11.3 Å². The van der Waals surface area contributed by atoms with Crippen molar-refractivity contribution in [3.63, 3.8) is 0 Å². The number of halogens is 1. The van der Waals surface area contributed by atoms with Crippen molar-refractivity contribution < 1.29 is 5.11 Å². The molecule has 1 nitrogen and oxygen atoms in total. The Hall–Kier alpha value is -0.830. The SMILES string of the molecule is OCC(CCc1ccsc1)Cc1ccc(Cl)cc1. The molecule has 18 heavy (non-hydrogen) atoms. The van der Waals surface area contributed by atoms with E-state index in [9.17, 15) is 5.11 Å². The molecule has 0 saturated carbocycles. The van der Waals surface area contributed by atoms with Gasteiger partial charge in [0.1, 0.15) is 0 Å². The summed E-state index contributed by atoms with van der Waals surface area (Å²) in [5.74, 6) is 0.325. The highest BCUT2D eigenvalue weighted by Gasteiger charge is 2.09. The second-order valence-corrected chi connectivity index (χ2v) is 5.77. The van der Waals surface area contributed by atoms with Crippen LogP contribution in [0.15, 0.2) is 41.1 Å². The molecular weight excluding hydrogens is 264 g/mol. The van der Waals surface area contributed by atoms with E-state index in [0.717, 1.165) is 24.3 Å². The number of hydrogen-bond donors (Lipinski definition) is 1. The summed E-state index contributed by atoms with van der Waals surface area (Å²) in [6.07, 6.45) is 2.98. The third-order valence-corrected chi connectivity index (χ3v) is 4.10. The quantitative estimate of drug-likeness (QED) is 0.841. The first-order valence-corrected chi connectivity index (χ1v) is 7.46. The van der Waals surface area contributed by atoms with Crippen LogP contribution in [-0.4, -0.2) is 11.7 Å². The molecular formula is C15H17ClOS. The van der Waals surface area contributed by atoms with Gasteiger partial charge >= 0.3 is 0 Å². The van der Waals surface area contributed by atoms with E-state index < -0.39 is 0 Å². The molecule has 1 atom stereocenters. The second-order valence-electron chi connectivity index (χ2n) is 4.55. The van der Waals surface area contributed by atoms with Crippen molar-refractivity contribution in [1.82, 2.24) is 0 Å². The predicted octanol–water partition coefficient (Wildman–Crippen LogP) is 4.19. The van der Waals surface area contributed by atoms with E-state index >= 15 is 0 Å². The zero-order chi connectivity index (χ0) is 12.8. The van der Waals surface area contributed by atoms with E-state index in [2.05, 4.69) is 16.8 Å². The third-order valence-electron chi connectivity index (χ3n) is 3.12. The number of aliphatic hydroxyl groups is 1. The van der Waals surface area contributed by atoms with Gasteiger partial charge in [0.25, 0.3) is 0 Å². The van der Waals surface area contributed by atoms with E-state index in [1.165, 1.54) is 11.1 Å². The molecule has 1 N–H and O–H groups in total. The molecule has 0 bridgehead atoms. The van der Waals surface area contributed by atoms with Crippen molar-refractivity contribution in [3.05, 3.63) is 57.2 Å². The minimum absolute atomic E-state index is 0.243. The van der Waals surface area contributed by atoms with Gasteiger partial charge in [0, 0.05) is 11.6 Å². The lowest BCUT2D eigenvalue weighted by Crippen LogP contribution is -2.10. The van der Waals surface area contributed by atoms with Crippen molar-refractivity contribution in [2.24, 2.45) is 5.92 Å². The highest BCUT2D eigenvalue weighted by atomic mass is 35.5. The Balaban J connectivity index is 1.87. The van der Waals surface area contributed by atoms with Crippen molar-refractivity contribution in [3.8, 4) is 0 Å². The first-order valence-electron chi connectivity index (χ1n) is 6.14. The topological polar surface area (TPSA) is 20.2 Å². The van der Waals surface area contributed by atoms with Crippen LogP contribution in [0.1, 0.15) is 17.5 Å². The van der Waals surface area contributed by atoms with E-state index in [1.807, 2.05) is 24.3 Å². The Labute approximate surface area is 117 Å². The zero-order valence-electron chi connectivity index (χ0n) is 10.2. The highest BCUT2D eigenvalue weighted by Crippen LogP contribution is 2.18. The van der Waals surface area contributed by atoms with Gasteiger partial charge in [-0.1, -0.05) is 23.7 Å². The minimum Gasteiger partial charge on any atom is -0.396 e. The van der Waals surface area contributed by atoms with Crippen LogP contribution >= 0.6 is 22.9 Å². The van der Waals surface area contributed by atoms with Crippen LogP contribution in [0, 0.1) is 5.92 Å². The second kappa shape index (κ2) is 6.93. The molecule has 0 radical (unpaired) electrons. The summed E-state index contributed by atoms with van der Waals surface area (Å²) in [5, 5.41) is 14.5. The maximum atomic E-state index is 9.45. The van der Waals surface area contributed by atoms with Crippen molar-refractivity contribution in [1.29, 1.82) is 0 Å². The molecule has 2 rings (SSSR count). The molecule has 0 saturated heterocycles. The fraction of sp³-hybridized carbons (Fsp3) is 0.333. The largest absolute Gasteiger partial charge is 0.396 e. The number of benzene rings is 1. The van der Waals surface area contributed by atoms with Crippen LogP contribution < -0.4 is 0 Å². The summed E-state index contributed by atoms with van der Waals surface area (Å²) in [6, 6.07) is 10.0. The fourth-order valence-electron chi connectivity index (χ4n) is 2.02. The summed E-state index contributed by atoms with van der Waals surface area (Å²) in [7, 11) is 0. The number of aryl methyl sites for hydroxylation is 1. The van der Waals surface area contributed by atoms with Crippen LogP contribution in [0.25, 0.3) is 0 Å². The first kappa shape index (κ1) is 13.6. The predicted molar refractivity (Wildman–Crippen MR) is 78.4 cm³/mol. The van der Waals surface area contributed by atoms with Crippen molar-refractivity contribution in [2.75, 3.05) is 6.61 Å². The summed E-state index contributed by atoms with van der Waals surface area (Å²) in [5.41, 5.74) is 2.61. The Kier molecular flexibility index (Phi) is 5.24. The van der Waals surface area contributed by atoms with Crippen LogP contribution in [-0.2, 0) is 12.8 Å². The van der Waals surface area contributed by atoms with Crippen LogP contribution in [0.5, 0.6) is 0 Å². The molecule has 96 valence electrons. The summed E-state index contributed by atoms with van der Waals surface area (Å²) >= 11 is 7.59. The smallest absolute Gasteiger partial charge is 0.0462 e. The number of aliphatic hydroxyl groups excluding tert-OH is 1. The minimum atomic E-state index is 0.243. The molecule has 0 spiro atoms. The average molecular weight is 281 g/mol. The lowest BCUT2D eigenvalue weighted by Gasteiger charge is -2.13. The monoisotopic (exact) mass is 280 g/mol. The van der Waals surface area contributed by atoms with Gasteiger partial charge in [0.05, 0.1) is 0 Å². The molecule has 0 aliphatic heterocycles. The highest BCUT2D eigenvalue weighted by molar-refractivity contribution is 7.07. The van der Waals surface area contributed by atoms with E-state index in [1.54, 1.807) is 11.3 Å². The molecule has 0 fully saturated rings. The van der Waals surface area contributed by atoms with Crippen LogP contribution in [0.2, 0.25) is 5.02 Å². The lowest BCUT2D eigenvalue weighted by atomic mass is 9.94. The third kappa shape index (κ3) is 4.13. The molecule has 2 aromatic rings. The Morgan fingerprint density at radius 3 is 2.50 bits per heavy atom. The average Bonchev–Trinajstić information content (AvgIpc) is 2.90. The van der Waals surface area contributed by atoms with Gasteiger partial charge in [-0.25, -0.2) is 0 Å². The maximum absolute atomic E-state index is 9.45. The fourth-order valence-corrected chi connectivity index (χ4v) is 2.85. The van der Waals surface area contributed by atoms with Gasteiger partial charge < -0.3 is 5.11 Å². The molecule has 1 aromatic heterocycles. The molecule has 1 unspecified atom stereocenters. The molecule has 1 aromatic carbocycles.